The van der Waals surface area contributed by atoms with Crippen LogP contribution in [0.5, 0.6) is 5.75 Å². The summed E-state index contributed by atoms with van der Waals surface area (Å²) in [6.45, 7) is 1.37. The first-order valence-corrected chi connectivity index (χ1v) is 5.88. The number of nitrogens with two attached hydrogens (primary N) is 1. The van der Waals surface area contributed by atoms with E-state index in [0.717, 1.165) is 24.2 Å². The molecule has 4 nitrogen and oxygen atoms in total. The zero-order valence-corrected chi connectivity index (χ0v) is 10.1. The van der Waals surface area contributed by atoms with E-state index in [0.29, 0.717) is 19.0 Å². The van der Waals surface area contributed by atoms with Crippen LogP contribution in [0.25, 0.3) is 0 Å². The van der Waals surface area contributed by atoms with Gasteiger partial charge in [-0.2, -0.15) is 0 Å². The molecule has 1 aromatic carbocycles. The molecule has 17 heavy (non-hydrogen) atoms. The van der Waals surface area contributed by atoms with Crippen molar-refractivity contribution in [1.82, 2.24) is 0 Å². The Morgan fingerprint density at radius 1 is 1.53 bits per heavy atom. The molecule has 2 N–H and O–H groups in total. The van der Waals surface area contributed by atoms with Crippen molar-refractivity contribution in [3.63, 3.8) is 0 Å². The third-order valence-corrected chi connectivity index (χ3v) is 2.77. The Morgan fingerprint density at radius 2 is 2.41 bits per heavy atom. The van der Waals surface area contributed by atoms with Crippen LogP contribution in [0.4, 0.5) is 0 Å². The maximum absolute atomic E-state index is 5.60. The number of rotatable bonds is 5. The predicted octanol–water partition coefficient (Wildman–Crippen LogP) is 1.58. The summed E-state index contributed by atoms with van der Waals surface area (Å²) < 4.78 is 10.8. The molecule has 1 heterocycles. The molecular weight excluding hydrogens is 216 g/mol. The van der Waals surface area contributed by atoms with Crippen molar-refractivity contribution in [1.29, 1.82) is 0 Å². The lowest BCUT2D eigenvalue weighted by Gasteiger charge is -2.03. The first-order chi connectivity index (χ1) is 8.33. The highest BCUT2D eigenvalue weighted by molar-refractivity contribution is 5.95. The summed E-state index contributed by atoms with van der Waals surface area (Å²) in [5, 5.41) is 0. The minimum atomic E-state index is 0.250. The smallest absolute Gasteiger partial charge is 0.216 e. The van der Waals surface area contributed by atoms with E-state index in [2.05, 4.69) is 4.99 Å². The average molecular weight is 234 g/mol. The van der Waals surface area contributed by atoms with Gasteiger partial charge in [0, 0.05) is 5.56 Å². The summed E-state index contributed by atoms with van der Waals surface area (Å²) in [5.41, 5.74) is 6.46. The standard InChI is InChI=1S/C13H18N2O2/c1-16-12-6-2-4-10(8-12)13-15-11(9-17-13)5-3-7-14/h2,4,6,8,11H,3,5,7,9,14H2,1H3. The molecule has 0 amide bonds. The van der Waals surface area contributed by atoms with E-state index in [1.54, 1.807) is 7.11 Å². The molecule has 0 saturated heterocycles. The summed E-state index contributed by atoms with van der Waals surface area (Å²) in [6.07, 6.45) is 1.98. The Morgan fingerprint density at radius 3 is 3.18 bits per heavy atom. The van der Waals surface area contributed by atoms with Crippen molar-refractivity contribution < 1.29 is 9.47 Å². The van der Waals surface area contributed by atoms with E-state index in [9.17, 15) is 0 Å². The minimum Gasteiger partial charge on any atom is -0.497 e. The fourth-order valence-electron chi connectivity index (χ4n) is 1.83. The molecule has 1 aliphatic heterocycles. The van der Waals surface area contributed by atoms with Crippen LogP contribution >= 0.6 is 0 Å². The number of hydrogen-bond acceptors (Lipinski definition) is 4. The van der Waals surface area contributed by atoms with Crippen LogP contribution in [-0.4, -0.2) is 32.2 Å². The maximum atomic E-state index is 5.60. The number of nitrogens with zero attached hydrogens (tertiary/aromatic N) is 1. The van der Waals surface area contributed by atoms with E-state index in [1.807, 2.05) is 24.3 Å². The second-order valence-electron chi connectivity index (χ2n) is 4.06. The Hall–Kier alpha value is -1.55. The van der Waals surface area contributed by atoms with Crippen LogP contribution in [0.15, 0.2) is 29.3 Å². The number of ether oxygens (including phenoxy) is 2. The topological polar surface area (TPSA) is 56.8 Å². The highest BCUT2D eigenvalue weighted by Crippen LogP contribution is 2.18. The maximum Gasteiger partial charge on any atom is 0.216 e. The van der Waals surface area contributed by atoms with E-state index < -0.39 is 0 Å². The van der Waals surface area contributed by atoms with Gasteiger partial charge in [-0.25, -0.2) is 4.99 Å². The summed E-state index contributed by atoms with van der Waals surface area (Å²) >= 11 is 0. The molecule has 0 spiro atoms. The van der Waals surface area contributed by atoms with Crippen LogP contribution in [0.1, 0.15) is 18.4 Å². The lowest BCUT2D eigenvalue weighted by atomic mass is 10.2. The zero-order chi connectivity index (χ0) is 12.1. The SMILES string of the molecule is COc1cccc(C2=NC(CCCN)CO2)c1. The lowest BCUT2D eigenvalue weighted by molar-refractivity contribution is 0.310. The van der Waals surface area contributed by atoms with Crippen LogP contribution < -0.4 is 10.5 Å². The molecule has 0 saturated carbocycles. The summed E-state index contributed by atoms with van der Waals surface area (Å²) in [5.74, 6) is 1.53. The summed E-state index contributed by atoms with van der Waals surface area (Å²) in [6, 6.07) is 8.01. The van der Waals surface area contributed by atoms with Crippen LogP contribution in [0, 0.1) is 0 Å². The normalized spacial score (nSPS) is 18.7. The summed E-state index contributed by atoms with van der Waals surface area (Å²) in [4.78, 5) is 4.55. The van der Waals surface area contributed by atoms with Gasteiger partial charge in [0.2, 0.25) is 5.90 Å². The third-order valence-electron chi connectivity index (χ3n) is 2.77. The fraction of sp³-hybridized carbons (Fsp3) is 0.462. The number of benzene rings is 1. The molecule has 92 valence electrons. The Bertz CT molecular complexity index is 404. The third kappa shape index (κ3) is 2.97. The molecule has 4 heteroatoms. The zero-order valence-electron chi connectivity index (χ0n) is 10.1. The van der Waals surface area contributed by atoms with Crippen LogP contribution in [0.2, 0.25) is 0 Å². The van der Waals surface area contributed by atoms with Gasteiger partial charge in [-0.15, -0.1) is 0 Å². The van der Waals surface area contributed by atoms with Crippen molar-refractivity contribution in [3.8, 4) is 5.75 Å². The molecule has 1 aliphatic rings. The molecule has 0 aliphatic carbocycles. The monoisotopic (exact) mass is 234 g/mol. The Labute approximate surface area is 101 Å². The largest absolute Gasteiger partial charge is 0.497 e. The highest BCUT2D eigenvalue weighted by Gasteiger charge is 2.19. The molecule has 1 unspecified atom stereocenters. The number of methoxy groups -OCH3 is 1. The van der Waals surface area contributed by atoms with Crippen molar-refractivity contribution in [2.75, 3.05) is 20.3 Å². The van der Waals surface area contributed by atoms with E-state index >= 15 is 0 Å². The van der Waals surface area contributed by atoms with Gasteiger partial charge in [0.15, 0.2) is 0 Å². The second-order valence-corrected chi connectivity index (χ2v) is 4.06. The van der Waals surface area contributed by atoms with E-state index in [4.69, 9.17) is 15.2 Å². The molecule has 0 bridgehead atoms. The molecule has 1 atom stereocenters. The van der Waals surface area contributed by atoms with E-state index in [-0.39, 0.29) is 6.04 Å². The van der Waals surface area contributed by atoms with Crippen LogP contribution in [-0.2, 0) is 4.74 Å². The van der Waals surface area contributed by atoms with Gasteiger partial charge in [0.25, 0.3) is 0 Å². The highest BCUT2D eigenvalue weighted by atomic mass is 16.5. The average Bonchev–Trinajstić information content (AvgIpc) is 2.85. The van der Waals surface area contributed by atoms with Crippen LogP contribution in [0.3, 0.4) is 0 Å². The van der Waals surface area contributed by atoms with Gasteiger partial charge >= 0.3 is 0 Å². The number of aliphatic imine (C=N–C) groups is 1. The first-order valence-electron chi connectivity index (χ1n) is 5.88. The molecule has 0 radical (unpaired) electrons. The second kappa shape index (κ2) is 5.68. The van der Waals surface area contributed by atoms with E-state index in [1.165, 1.54) is 0 Å². The predicted molar refractivity (Wildman–Crippen MR) is 67.6 cm³/mol. The Kier molecular flexibility index (Phi) is 3.98. The molecule has 1 aromatic rings. The fourth-order valence-corrected chi connectivity index (χ4v) is 1.83. The molecule has 0 fully saturated rings. The van der Waals surface area contributed by atoms with Gasteiger partial charge in [-0.05, 0) is 37.6 Å². The first kappa shape index (κ1) is 11.9. The molecular formula is C13H18N2O2. The van der Waals surface area contributed by atoms with Crippen molar-refractivity contribution >= 4 is 5.90 Å². The van der Waals surface area contributed by atoms with Gasteiger partial charge in [-0.3, -0.25) is 0 Å². The van der Waals surface area contributed by atoms with Crippen molar-refractivity contribution in [2.24, 2.45) is 10.7 Å². The van der Waals surface area contributed by atoms with Crippen molar-refractivity contribution in [3.05, 3.63) is 29.8 Å². The Balaban J connectivity index is 2.07. The van der Waals surface area contributed by atoms with Crippen molar-refractivity contribution in [2.45, 2.75) is 18.9 Å². The summed E-state index contributed by atoms with van der Waals surface area (Å²) in [7, 11) is 1.65. The minimum absolute atomic E-state index is 0.250. The molecule has 2 rings (SSSR count). The van der Waals surface area contributed by atoms with Gasteiger partial charge < -0.3 is 15.2 Å². The van der Waals surface area contributed by atoms with Gasteiger partial charge in [0.05, 0.1) is 13.2 Å². The van der Waals surface area contributed by atoms with Gasteiger partial charge in [-0.1, -0.05) is 6.07 Å². The van der Waals surface area contributed by atoms with Gasteiger partial charge in [0.1, 0.15) is 12.4 Å². The quantitative estimate of drug-likeness (QED) is 0.841. The molecule has 0 aromatic heterocycles. The number of hydrogen-bond donors (Lipinski definition) is 1. The lowest BCUT2D eigenvalue weighted by Crippen LogP contribution is -2.09.